The van der Waals surface area contributed by atoms with Crippen LogP contribution in [0.1, 0.15) is 19.3 Å². The SMILES string of the molecule is CN(C1COC2(CCN(C(=O)O)CC2)C1)S(=O)(=O)CC(F)(F)F. The van der Waals surface area contributed by atoms with Crippen LogP contribution in [-0.2, 0) is 14.8 Å². The van der Waals surface area contributed by atoms with Crippen LogP contribution in [-0.4, -0.2) is 79.1 Å². The molecular weight excluding hydrogens is 341 g/mol. The lowest BCUT2D eigenvalue weighted by atomic mass is 9.87. The van der Waals surface area contributed by atoms with Gasteiger partial charge in [0.05, 0.1) is 18.2 Å². The summed E-state index contributed by atoms with van der Waals surface area (Å²) in [7, 11) is -3.33. The number of alkyl halides is 3. The molecule has 0 aliphatic carbocycles. The van der Waals surface area contributed by atoms with E-state index in [0.717, 1.165) is 11.4 Å². The number of hydrogen-bond donors (Lipinski definition) is 1. The van der Waals surface area contributed by atoms with Crippen molar-refractivity contribution in [3.05, 3.63) is 0 Å². The van der Waals surface area contributed by atoms with Gasteiger partial charge in [0.1, 0.15) is 0 Å². The molecule has 1 unspecified atom stereocenters. The predicted octanol–water partition coefficient (Wildman–Crippen LogP) is 1.11. The van der Waals surface area contributed by atoms with Gasteiger partial charge in [-0.1, -0.05) is 0 Å². The minimum atomic E-state index is -4.79. The molecule has 1 N–H and O–H groups in total. The molecule has 0 aromatic carbocycles. The van der Waals surface area contributed by atoms with Crippen LogP contribution in [0.25, 0.3) is 0 Å². The molecule has 0 aromatic heterocycles. The number of nitrogens with zero attached hydrogens (tertiary/aromatic N) is 2. The summed E-state index contributed by atoms with van der Waals surface area (Å²) in [5, 5.41) is 8.92. The van der Waals surface area contributed by atoms with Crippen molar-refractivity contribution in [1.82, 2.24) is 9.21 Å². The van der Waals surface area contributed by atoms with Gasteiger partial charge in [-0.05, 0) is 19.3 Å². The molecule has 0 aromatic rings. The Bertz CT molecular complexity index is 558. The molecule has 2 saturated heterocycles. The van der Waals surface area contributed by atoms with Gasteiger partial charge in [-0.3, -0.25) is 0 Å². The predicted molar refractivity (Wildman–Crippen MR) is 73.5 cm³/mol. The Labute approximate surface area is 132 Å². The standard InChI is InChI=1S/C12H19F3N2O5S/c1-16(23(20,21)8-12(13,14)15)9-6-11(22-7-9)2-4-17(5-3-11)10(18)19/h9H,2-8H2,1H3,(H,18,19). The van der Waals surface area contributed by atoms with E-state index in [1.807, 2.05) is 0 Å². The number of piperidine rings is 1. The van der Waals surface area contributed by atoms with E-state index >= 15 is 0 Å². The first-order valence-corrected chi connectivity index (χ1v) is 8.69. The van der Waals surface area contributed by atoms with Gasteiger partial charge in [-0.25, -0.2) is 13.2 Å². The van der Waals surface area contributed by atoms with E-state index in [1.54, 1.807) is 0 Å². The molecule has 1 atom stereocenters. The van der Waals surface area contributed by atoms with Gasteiger partial charge in [-0.15, -0.1) is 0 Å². The van der Waals surface area contributed by atoms with E-state index in [2.05, 4.69) is 0 Å². The van der Waals surface area contributed by atoms with Crippen molar-refractivity contribution in [3.8, 4) is 0 Å². The quantitative estimate of drug-likeness (QED) is 0.815. The van der Waals surface area contributed by atoms with Gasteiger partial charge in [0.2, 0.25) is 10.0 Å². The van der Waals surface area contributed by atoms with Crippen molar-refractivity contribution in [2.75, 3.05) is 32.5 Å². The van der Waals surface area contributed by atoms with Crippen molar-refractivity contribution in [2.45, 2.75) is 37.1 Å². The summed E-state index contributed by atoms with van der Waals surface area (Å²) in [6.07, 6.45) is -4.74. The highest BCUT2D eigenvalue weighted by molar-refractivity contribution is 7.89. The maximum atomic E-state index is 12.4. The first-order chi connectivity index (χ1) is 10.4. The number of carbonyl (C=O) groups is 1. The molecule has 2 heterocycles. The maximum absolute atomic E-state index is 12.4. The highest BCUT2D eigenvalue weighted by Gasteiger charge is 2.47. The molecule has 23 heavy (non-hydrogen) atoms. The number of rotatable bonds is 3. The number of halogens is 3. The van der Waals surface area contributed by atoms with Crippen LogP contribution >= 0.6 is 0 Å². The second kappa shape index (κ2) is 6.10. The zero-order valence-electron chi connectivity index (χ0n) is 12.5. The Morgan fingerprint density at radius 3 is 2.43 bits per heavy atom. The van der Waals surface area contributed by atoms with Crippen LogP contribution in [0.2, 0.25) is 0 Å². The largest absolute Gasteiger partial charge is 0.465 e. The highest BCUT2D eigenvalue weighted by atomic mass is 32.2. The highest BCUT2D eigenvalue weighted by Crippen LogP contribution is 2.38. The summed E-state index contributed by atoms with van der Waals surface area (Å²) in [5.41, 5.74) is -0.654. The summed E-state index contributed by atoms with van der Waals surface area (Å²) >= 11 is 0. The van der Waals surface area contributed by atoms with Crippen LogP contribution < -0.4 is 0 Å². The molecular formula is C12H19F3N2O5S. The summed E-state index contributed by atoms with van der Waals surface area (Å²) in [4.78, 5) is 12.1. The monoisotopic (exact) mass is 360 g/mol. The molecule has 0 bridgehead atoms. The van der Waals surface area contributed by atoms with Gasteiger partial charge < -0.3 is 14.7 Å². The van der Waals surface area contributed by atoms with E-state index < -0.39 is 39.7 Å². The fraction of sp³-hybridized carbons (Fsp3) is 0.917. The zero-order chi connectivity index (χ0) is 17.5. The molecule has 11 heteroatoms. The minimum absolute atomic E-state index is 0.0145. The Morgan fingerprint density at radius 1 is 1.39 bits per heavy atom. The van der Waals surface area contributed by atoms with Crippen LogP contribution in [0.3, 0.4) is 0 Å². The second-order valence-corrected chi connectivity index (χ2v) is 8.04. The van der Waals surface area contributed by atoms with E-state index in [1.165, 1.54) is 4.90 Å². The first kappa shape index (κ1) is 18.3. The van der Waals surface area contributed by atoms with Gasteiger partial charge >= 0.3 is 12.3 Å². The van der Waals surface area contributed by atoms with Crippen molar-refractivity contribution in [2.24, 2.45) is 0 Å². The van der Waals surface area contributed by atoms with E-state index in [0.29, 0.717) is 12.8 Å². The van der Waals surface area contributed by atoms with Crippen LogP contribution in [0, 0.1) is 0 Å². The fourth-order valence-corrected chi connectivity index (χ4v) is 4.25. The van der Waals surface area contributed by atoms with Crippen molar-refractivity contribution >= 4 is 16.1 Å². The Morgan fingerprint density at radius 2 is 1.96 bits per heavy atom. The molecule has 2 aliphatic rings. The molecule has 2 rings (SSSR count). The van der Waals surface area contributed by atoms with E-state index in [-0.39, 0.29) is 26.1 Å². The van der Waals surface area contributed by atoms with Crippen molar-refractivity contribution in [1.29, 1.82) is 0 Å². The molecule has 7 nitrogen and oxygen atoms in total. The summed E-state index contributed by atoms with van der Waals surface area (Å²) in [6, 6.07) is -0.668. The van der Waals surface area contributed by atoms with Crippen LogP contribution in [0.5, 0.6) is 0 Å². The molecule has 1 amide bonds. The van der Waals surface area contributed by atoms with Crippen molar-refractivity contribution < 1.29 is 36.2 Å². The normalized spacial score (nSPS) is 25.3. The number of amides is 1. The molecule has 1 spiro atoms. The average Bonchev–Trinajstić information content (AvgIpc) is 2.79. The van der Waals surface area contributed by atoms with Crippen molar-refractivity contribution in [3.63, 3.8) is 0 Å². The molecule has 2 aliphatic heterocycles. The minimum Gasteiger partial charge on any atom is -0.465 e. The average molecular weight is 360 g/mol. The smallest absolute Gasteiger partial charge is 0.407 e. The molecule has 134 valence electrons. The lowest BCUT2D eigenvalue weighted by Gasteiger charge is -2.37. The third-order valence-corrected chi connectivity index (χ3v) is 6.30. The molecule has 0 saturated carbocycles. The molecule has 2 fully saturated rings. The summed E-state index contributed by atoms with van der Waals surface area (Å²) in [6.45, 7) is 0.544. The zero-order valence-corrected chi connectivity index (χ0v) is 13.4. The lowest BCUT2D eigenvalue weighted by molar-refractivity contribution is -0.107. The number of likely N-dealkylation sites (tertiary alicyclic amines) is 1. The fourth-order valence-electron chi connectivity index (χ4n) is 3.04. The Hall–Kier alpha value is -1.07. The van der Waals surface area contributed by atoms with E-state index in [9.17, 15) is 26.4 Å². The van der Waals surface area contributed by atoms with Crippen LogP contribution in [0.15, 0.2) is 0 Å². The Balaban J connectivity index is 1.99. The third kappa shape index (κ3) is 4.27. The number of sulfonamides is 1. The van der Waals surface area contributed by atoms with Gasteiger partial charge in [0.15, 0.2) is 5.75 Å². The van der Waals surface area contributed by atoms with E-state index in [4.69, 9.17) is 9.84 Å². The van der Waals surface area contributed by atoms with Gasteiger partial charge in [-0.2, -0.15) is 17.5 Å². The lowest BCUT2D eigenvalue weighted by Crippen LogP contribution is -2.47. The maximum Gasteiger partial charge on any atom is 0.407 e. The number of carboxylic acid groups (broad SMARTS) is 1. The summed E-state index contributed by atoms with van der Waals surface area (Å²) in [5.74, 6) is -1.90. The number of ether oxygens (including phenoxy) is 1. The topological polar surface area (TPSA) is 87.2 Å². The van der Waals surface area contributed by atoms with Gasteiger partial charge in [0.25, 0.3) is 0 Å². The molecule has 0 radical (unpaired) electrons. The number of hydrogen-bond acceptors (Lipinski definition) is 4. The summed E-state index contributed by atoms with van der Waals surface area (Å²) < 4.78 is 67.1. The van der Waals surface area contributed by atoms with Gasteiger partial charge in [0, 0.05) is 20.1 Å². The Kier molecular flexibility index (Phi) is 4.84. The van der Waals surface area contributed by atoms with Crippen LogP contribution in [0.4, 0.5) is 18.0 Å². The second-order valence-electron chi connectivity index (χ2n) is 6.01. The first-order valence-electron chi connectivity index (χ1n) is 7.08. The number of likely N-dealkylation sites (N-methyl/N-ethyl adjacent to an activating group) is 1. The third-order valence-electron chi connectivity index (χ3n) is 4.43.